The van der Waals surface area contributed by atoms with Crippen LogP contribution >= 0.6 is 39.0 Å². The molecule has 176 valence electrons. The molecule has 0 radical (unpaired) electrons. The molecule has 13 heteroatoms. The molecule has 0 atom stereocenters. The number of thioether (sulfide) groups is 1. The summed E-state index contributed by atoms with van der Waals surface area (Å²) >= 11 is 5.39. The highest BCUT2D eigenvalue weighted by atomic mass is 79.9. The minimum atomic E-state index is -0.618. The van der Waals surface area contributed by atoms with E-state index in [1.807, 2.05) is 0 Å². The number of rotatable bonds is 9. The number of carbonyl (C=O) groups is 3. The molecule has 0 saturated heterocycles. The first kappa shape index (κ1) is 25.0. The van der Waals surface area contributed by atoms with E-state index in [2.05, 4.69) is 31.4 Å². The Morgan fingerprint density at radius 2 is 1.88 bits per heavy atom. The number of furan rings is 1. The Labute approximate surface area is 206 Å². The molecule has 0 aliphatic carbocycles. The molecule has 0 aliphatic heterocycles. The van der Waals surface area contributed by atoms with Gasteiger partial charge in [-0.05, 0) is 54.4 Å². The number of carbonyl (C=O) groups excluding carboxylic acids is 3. The maximum atomic E-state index is 12.7. The summed E-state index contributed by atoms with van der Waals surface area (Å²) in [7, 11) is 1.76. The van der Waals surface area contributed by atoms with Crippen LogP contribution in [-0.4, -0.2) is 51.6 Å². The fourth-order valence-electron chi connectivity index (χ4n) is 2.82. The molecule has 0 spiro atoms. The van der Waals surface area contributed by atoms with Crippen LogP contribution in [0.15, 0.2) is 26.4 Å². The molecular formula is C20H21BrN4O6S2. The lowest BCUT2D eigenvalue weighted by Gasteiger charge is -2.07. The third-order valence-corrected chi connectivity index (χ3v) is 6.93. The second-order valence-corrected chi connectivity index (χ2v) is 9.25. The number of amides is 1. The van der Waals surface area contributed by atoms with Gasteiger partial charge in [0, 0.05) is 7.05 Å². The van der Waals surface area contributed by atoms with Crippen LogP contribution in [0.25, 0.3) is 11.6 Å². The summed E-state index contributed by atoms with van der Waals surface area (Å²) in [4.78, 5) is 37.6. The van der Waals surface area contributed by atoms with Crippen molar-refractivity contribution in [3.8, 4) is 11.6 Å². The summed E-state index contributed by atoms with van der Waals surface area (Å²) in [5.74, 6) is -0.507. The van der Waals surface area contributed by atoms with E-state index < -0.39 is 11.9 Å². The van der Waals surface area contributed by atoms with Crippen LogP contribution in [-0.2, 0) is 21.3 Å². The number of esters is 2. The zero-order valence-corrected chi connectivity index (χ0v) is 21.5. The minimum Gasteiger partial charge on any atom is -0.462 e. The van der Waals surface area contributed by atoms with Crippen LogP contribution in [0.5, 0.6) is 0 Å². The average Bonchev–Trinajstić information content (AvgIpc) is 3.44. The predicted octanol–water partition coefficient (Wildman–Crippen LogP) is 4.29. The van der Waals surface area contributed by atoms with E-state index in [9.17, 15) is 14.4 Å². The fourth-order valence-corrected chi connectivity index (χ4v) is 4.95. The molecule has 1 N–H and O–H groups in total. The SMILES string of the molecule is CCOC(=O)c1sc(NC(=O)CSc2nnc(-c3ccc(Br)o3)n2C)c(C(=O)OCC)c1C. The van der Waals surface area contributed by atoms with Gasteiger partial charge in [-0.15, -0.1) is 21.5 Å². The first-order valence-corrected chi connectivity index (χ1v) is 12.4. The summed E-state index contributed by atoms with van der Waals surface area (Å²) < 4.78 is 17.9. The van der Waals surface area contributed by atoms with E-state index in [0.29, 0.717) is 27.0 Å². The number of thiophene rings is 1. The topological polar surface area (TPSA) is 126 Å². The first-order chi connectivity index (χ1) is 15.8. The average molecular weight is 557 g/mol. The molecule has 0 unspecified atom stereocenters. The van der Waals surface area contributed by atoms with Crippen LogP contribution in [0.1, 0.15) is 39.4 Å². The summed E-state index contributed by atoms with van der Waals surface area (Å²) in [6.07, 6.45) is 0. The highest BCUT2D eigenvalue weighted by molar-refractivity contribution is 9.10. The van der Waals surface area contributed by atoms with Crippen molar-refractivity contribution >= 4 is 61.9 Å². The molecule has 3 heterocycles. The Balaban J connectivity index is 1.75. The van der Waals surface area contributed by atoms with Gasteiger partial charge in [0.05, 0.1) is 24.5 Å². The van der Waals surface area contributed by atoms with Crippen molar-refractivity contribution in [2.75, 3.05) is 24.3 Å². The summed E-state index contributed by atoms with van der Waals surface area (Å²) in [5, 5.41) is 11.7. The maximum absolute atomic E-state index is 12.7. The molecule has 0 bridgehead atoms. The van der Waals surface area contributed by atoms with Crippen molar-refractivity contribution in [3.63, 3.8) is 0 Å². The van der Waals surface area contributed by atoms with Crippen molar-refractivity contribution in [2.45, 2.75) is 25.9 Å². The predicted molar refractivity (Wildman–Crippen MR) is 127 cm³/mol. The summed E-state index contributed by atoms with van der Waals surface area (Å²) in [6, 6.07) is 3.51. The molecule has 0 aliphatic rings. The van der Waals surface area contributed by atoms with Crippen LogP contribution in [0.2, 0.25) is 0 Å². The second-order valence-electron chi connectivity index (χ2n) is 6.51. The maximum Gasteiger partial charge on any atom is 0.348 e. The van der Waals surface area contributed by atoms with Crippen molar-refractivity contribution in [1.29, 1.82) is 0 Å². The highest BCUT2D eigenvalue weighted by Crippen LogP contribution is 2.34. The molecule has 1 amide bonds. The number of ether oxygens (including phenoxy) is 2. The van der Waals surface area contributed by atoms with Gasteiger partial charge in [0.1, 0.15) is 9.88 Å². The molecule has 3 aromatic rings. The van der Waals surface area contributed by atoms with Crippen LogP contribution in [0.3, 0.4) is 0 Å². The van der Waals surface area contributed by atoms with Gasteiger partial charge >= 0.3 is 11.9 Å². The third-order valence-electron chi connectivity index (χ3n) is 4.30. The fraction of sp³-hybridized carbons (Fsp3) is 0.350. The van der Waals surface area contributed by atoms with Gasteiger partial charge < -0.3 is 23.8 Å². The van der Waals surface area contributed by atoms with Gasteiger partial charge in [0.15, 0.2) is 21.4 Å². The van der Waals surface area contributed by atoms with E-state index >= 15 is 0 Å². The minimum absolute atomic E-state index is 0.00176. The molecule has 3 aromatic heterocycles. The largest absolute Gasteiger partial charge is 0.462 e. The number of hydrogen-bond acceptors (Lipinski definition) is 10. The first-order valence-electron chi connectivity index (χ1n) is 9.82. The standard InChI is InChI=1S/C20H21BrN4O6S2/c1-5-29-18(27)14-10(3)15(19(28)30-6-2)33-17(14)22-13(26)9-32-20-24-23-16(25(20)4)11-7-8-12(21)31-11/h7-8H,5-6,9H2,1-4H3,(H,22,26). The number of aromatic nitrogens is 3. The highest BCUT2D eigenvalue weighted by Gasteiger charge is 2.27. The molecule has 0 aromatic carbocycles. The summed E-state index contributed by atoms with van der Waals surface area (Å²) in [6.45, 7) is 5.34. The van der Waals surface area contributed by atoms with Gasteiger partial charge in [-0.1, -0.05) is 11.8 Å². The number of nitrogens with one attached hydrogen (secondary N) is 1. The van der Waals surface area contributed by atoms with Crippen LogP contribution in [0.4, 0.5) is 5.00 Å². The molecular weight excluding hydrogens is 536 g/mol. The monoisotopic (exact) mass is 556 g/mol. The zero-order chi connectivity index (χ0) is 24.1. The third kappa shape index (κ3) is 5.65. The van der Waals surface area contributed by atoms with Crippen molar-refractivity contribution in [3.05, 3.63) is 32.8 Å². The van der Waals surface area contributed by atoms with E-state index in [1.165, 1.54) is 11.8 Å². The Morgan fingerprint density at radius 3 is 2.52 bits per heavy atom. The van der Waals surface area contributed by atoms with Gasteiger partial charge in [0.2, 0.25) is 5.91 Å². The van der Waals surface area contributed by atoms with Gasteiger partial charge in [0.25, 0.3) is 0 Å². The van der Waals surface area contributed by atoms with Crippen molar-refractivity contribution in [1.82, 2.24) is 14.8 Å². The smallest absolute Gasteiger partial charge is 0.348 e. The number of nitrogens with zero attached hydrogens (tertiary/aromatic N) is 3. The number of anilines is 1. The van der Waals surface area contributed by atoms with E-state index in [4.69, 9.17) is 13.9 Å². The molecule has 3 rings (SSSR count). The van der Waals surface area contributed by atoms with Crippen molar-refractivity contribution in [2.24, 2.45) is 7.05 Å². The zero-order valence-electron chi connectivity index (χ0n) is 18.3. The lowest BCUT2D eigenvalue weighted by molar-refractivity contribution is -0.113. The molecule has 0 fully saturated rings. The number of hydrogen-bond donors (Lipinski definition) is 1. The Morgan fingerprint density at radius 1 is 1.18 bits per heavy atom. The van der Waals surface area contributed by atoms with Crippen LogP contribution in [0, 0.1) is 6.92 Å². The van der Waals surface area contributed by atoms with E-state index in [-0.39, 0.29) is 40.3 Å². The van der Waals surface area contributed by atoms with Crippen molar-refractivity contribution < 1.29 is 28.3 Å². The Bertz CT molecular complexity index is 1190. The quantitative estimate of drug-likeness (QED) is 0.303. The summed E-state index contributed by atoms with van der Waals surface area (Å²) in [5.41, 5.74) is 0.551. The van der Waals surface area contributed by atoms with Gasteiger partial charge in [-0.3, -0.25) is 4.79 Å². The van der Waals surface area contributed by atoms with E-state index in [1.54, 1.807) is 44.5 Å². The Hall–Kier alpha value is -2.64. The van der Waals surface area contributed by atoms with E-state index in [0.717, 1.165) is 11.3 Å². The molecule has 33 heavy (non-hydrogen) atoms. The van der Waals surface area contributed by atoms with Gasteiger partial charge in [-0.2, -0.15) is 0 Å². The number of halogens is 1. The Kier molecular flexibility index (Phi) is 8.32. The molecule has 10 nitrogen and oxygen atoms in total. The lowest BCUT2D eigenvalue weighted by Crippen LogP contribution is -2.16. The normalized spacial score (nSPS) is 10.8. The second kappa shape index (κ2) is 11.0. The molecule has 0 saturated carbocycles. The van der Waals surface area contributed by atoms with Crippen LogP contribution < -0.4 is 5.32 Å². The lowest BCUT2D eigenvalue weighted by atomic mass is 10.1. The van der Waals surface area contributed by atoms with Gasteiger partial charge in [-0.25, -0.2) is 9.59 Å².